The molecule has 1 aliphatic rings. The number of nitrogens with zero attached hydrogens (tertiary/aromatic N) is 1. The summed E-state index contributed by atoms with van der Waals surface area (Å²) in [6.45, 7) is 1.01. The van der Waals surface area contributed by atoms with Crippen molar-refractivity contribution >= 4 is 0 Å². The minimum absolute atomic E-state index is 0.647. The van der Waals surface area contributed by atoms with Gasteiger partial charge in [0.05, 0.1) is 13.4 Å². The summed E-state index contributed by atoms with van der Waals surface area (Å²) in [4.78, 5) is 7.16. The third-order valence-electron chi connectivity index (χ3n) is 4.09. The average Bonchev–Trinajstić information content (AvgIpc) is 2.94. The van der Waals surface area contributed by atoms with Crippen LogP contribution in [0, 0.1) is 0 Å². The van der Waals surface area contributed by atoms with Crippen molar-refractivity contribution < 1.29 is 4.74 Å². The Morgan fingerprint density at radius 2 is 2.30 bits per heavy atom. The zero-order valence-electron chi connectivity index (χ0n) is 11.8. The molecule has 3 rings (SSSR count). The first-order valence-electron chi connectivity index (χ1n) is 7.19. The molecule has 2 N–H and O–H groups in total. The molecule has 4 heteroatoms. The summed E-state index contributed by atoms with van der Waals surface area (Å²) < 4.78 is 5.28. The number of ether oxygens (including phenoxy) is 1. The van der Waals surface area contributed by atoms with Crippen molar-refractivity contribution in [3.8, 4) is 5.75 Å². The first-order chi connectivity index (χ1) is 9.85. The molecular weight excluding hydrogens is 250 g/mol. The number of nitrogens with one attached hydrogen (secondary N) is 2. The van der Waals surface area contributed by atoms with Gasteiger partial charge in [-0.2, -0.15) is 0 Å². The molecule has 0 spiro atoms. The largest absolute Gasteiger partial charge is 0.497 e. The predicted octanol–water partition coefficient (Wildman–Crippen LogP) is 2.50. The van der Waals surface area contributed by atoms with Gasteiger partial charge >= 0.3 is 0 Å². The van der Waals surface area contributed by atoms with E-state index in [1.54, 1.807) is 13.4 Å². The first-order valence-corrected chi connectivity index (χ1v) is 7.19. The van der Waals surface area contributed by atoms with Gasteiger partial charge in [0.1, 0.15) is 5.75 Å². The second-order valence-corrected chi connectivity index (χ2v) is 5.42. The van der Waals surface area contributed by atoms with Crippen LogP contribution in [0.5, 0.6) is 5.75 Å². The fourth-order valence-corrected chi connectivity index (χ4v) is 2.78. The van der Waals surface area contributed by atoms with Crippen molar-refractivity contribution in [1.82, 2.24) is 15.3 Å². The minimum Gasteiger partial charge on any atom is -0.497 e. The lowest BCUT2D eigenvalue weighted by molar-refractivity contribution is 0.292. The topological polar surface area (TPSA) is 49.9 Å². The summed E-state index contributed by atoms with van der Waals surface area (Å²) in [6.07, 6.45) is 7.08. The van der Waals surface area contributed by atoms with Crippen LogP contribution in [0.3, 0.4) is 0 Å². The van der Waals surface area contributed by atoms with Crippen LogP contribution in [0.4, 0.5) is 0 Å². The number of rotatable bonds is 6. The van der Waals surface area contributed by atoms with Gasteiger partial charge in [-0.25, -0.2) is 4.98 Å². The van der Waals surface area contributed by atoms with E-state index in [0.29, 0.717) is 12.0 Å². The summed E-state index contributed by atoms with van der Waals surface area (Å²) in [7, 11) is 1.72. The molecule has 2 aromatic rings. The molecule has 0 bridgehead atoms. The van der Waals surface area contributed by atoms with Crippen molar-refractivity contribution in [3.63, 3.8) is 0 Å². The highest BCUT2D eigenvalue weighted by Gasteiger charge is 2.29. The van der Waals surface area contributed by atoms with E-state index < -0.39 is 0 Å². The molecule has 1 fully saturated rings. The fourth-order valence-electron chi connectivity index (χ4n) is 2.78. The zero-order chi connectivity index (χ0) is 13.8. The van der Waals surface area contributed by atoms with Crippen LogP contribution < -0.4 is 10.1 Å². The van der Waals surface area contributed by atoms with Gasteiger partial charge in [-0.05, 0) is 36.5 Å². The summed E-state index contributed by atoms with van der Waals surface area (Å²) in [5, 5.41) is 3.61. The molecule has 0 atom stereocenters. The molecule has 0 saturated heterocycles. The van der Waals surface area contributed by atoms with Gasteiger partial charge in [0.2, 0.25) is 0 Å². The molecule has 106 valence electrons. The molecule has 1 aromatic heterocycles. The normalized spacial score (nSPS) is 21.4. The Morgan fingerprint density at radius 1 is 1.40 bits per heavy atom. The second kappa shape index (κ2) is 6.09. The quantitative estimate of drug-likeness (QED) is 0.848. The predicted molar refractivity (Wildman–Crippen MR) is 79.1 cm³/mol. The van der Waals surface area contributed by atoms with E-state index in [1.807, 2.05) is 12.3 Å². The van der Waals surface area contributed by atoms with E-state index in [1.165, 1.54) is 24.1 Å². The number of imidazole rings is 1. The highest BCUT2D eigenvalue weighted by Crippen LogP contribution is 2.37. The van der Waals surface area contributed by atoms with Crippen molar-refractivity contribution in [1.29, 1.82) is 0 Å². The Bertz CT molecular complexity index is 532. The van der Waals surface area contributed by atoms with Crippen molar-refractivity contribution in [2.75, 3.05) is 13.7 Å². The van der Waals surface area contributed by atoms with Crippen LogP contribution in [0.15, 0.2) is 36.8 Å². The van der Waals surface area contributed by atoms with Gasteiger partial charge in [0.15, 0.2) is 0 Å². The van der Waals surface area contributed by atoms with Gasteiger partial charge in [0, 0.05) is 30.9 Å². The highest BCUT2D eigenvalue weighted by atomic mass is 16.5. The number of aromatic nitrogens is 2. The van der Waals surface area contributed by atoms with Gasteiger partial charge in [-0.3, -0.25) is 0 Å². The summed E-state index contributed by atoms with van der Waals surface area (Å²) in [5.74, 6) is 1.63. The molecule has 0 radical (unpaired) electrons. The van der Waals surface area contributed by atoms with E-state index in [4.69, 9.17) is 4.74 Å². The number of hydrogen-bond acceptors (Lipinski definition) is 3. The maximum atomic E-state index is 5.28. The minimum atomic E-state index is 0.647. The van der Waals surface area contributed by atoms with Crippen LogP contribution in [-0.2, 0) is 6.42 Å². The first kappa shape index (κ1) is 13.2. The number of hydrogen-bond donors (Lipinski definition) is 2. The number of benzene rings is 1. The van der Waals surface area contributed by atoms with Crippen molar-refractivity contribution in [3.05, 3.63) is 48.0 Å². The Hall–Kier alpha value is -1.81. The van der Waals surface area contributed by atoms with Gasteiger partial charge < -0.3 is 15.0 Å². The zero-order valence-corrected chi connectivity index (χ0v) is 11.8. The SMILES string of the molecule is COc1cccc(C2CC(NCCc3cnc[nH]3)C2)c1. The molecular formula is C16H21N3O. The monoisotopic (exact) mass is 271 g/mol. The summed E-state index contributed by atoms with van der Waals surface area (Å²) in [6, 6.07) is 9.09. The van der Waals surface area contributed by atoms with Crippen LogP contribution in [0.2, 0.25) is 0 Å². The second-order valence-electron chi connectivity index (χ2n) is 5.42. The molecule has 0 aliphatic heterocycles. The smallest absolute Gasteiger partial charge is 0.119 e. The van der Waals surface area contributed by atoms with Gasteiger partial charge in [-0.1, -0.05) is 12.1 Å². The van der Waals surface area contributed by atoms with Crippen LogP contribution in [0.1, 0.15) is 30.0 Å². The van der Waals surface area contributed by atoms with E-state index in [-0.39, 0.29) is 0 Å². The Morgan fingerprint density at radius 3 is 3.05 bits per heavy atom. The standard InChI is InChI=1S/C16H21N3O/c1-20-16-4-2-3-12(9-16)13-7-15(8-13)18-6-5-14-10-17-11-19-14/h2-4,9-11,13,15,18H,5-8H2,1H3,(H,17,19). The van der Waals surface area contributed by atoms with Crippen LogP contribution in [-0.4, -0.2) is 29.7 Å². The summed E-state index contributed by atoms with van der Waals surface area (Å²) >= 11 is 0. The molecule has 1 aliphatic carbocycles. The number of methoxy groups -OCH3 is 1. The van der Waals surface area contributed by atoms with Crippen molar-refractivity contribution in [2.24, 2.45) is 0 Å². The Kier molecular flexibility index (Phi) is 4.02. The lowest BCUT2D eigenvalue weighted by Gasteiger charge is -2.36. The molecule has 0 unspecified atom stereocenters. The molecule has 1 aromatic carbocycles. The van der Waals surface area contributed by atoms with E-state index in [2.05, 4.69) is 33.5 Å². The Labute approximate surface area is 119 Å². The van der Waals surface area contributed by atoms with E-state index in [9.17, 15) is 0 Å². The number of H-pyrrole nitrogens is 1. The molecule has 4 nitrogen and oxygen atoms in total. The average molecular weight is 271 g/mol. The number of aromatic amines is 1. The lowest BCUT2D eigenvalue weighted by Crippen LogP contribution is -2.40. The highest BCUT2D eigenvalue weighted by molar-refractivity contribution is 5.32. The maximum Gasteiger partial charge on any atom is 0.119 e. The van der Waals surface area contributed by atoms with Crippen LogP contribution in [0.25, 0.3) is 0 Å². The molecule has 0 amide bonds. The van der Waals surface area contributed by atoms with Crippen LogP contribution >= 0.6 is 0 Å². The van der Waals surface area contributed by atoms with E-state index >= 15 is 0 Å². The Balaban J connectivity index is 1.42. The maximum absolute atomic E-state index is 5.28. The van der Waals surface area contributed by atoms with Gasteiger partial charge in [-0.15, -0.1) is 0 Å². The third kappa shape index (κ3) is 3.02. The van der Waals surface area contributed by atoms with E-state index in [0.717, 1.165) is 18.7 Å². The lowest BCUT2D eigenvalue weighted by atomic mass is 9.76. The summed E-state index contributed by atoms with van der Waals surface area (Å²) in [5.41, 5.74) is 2.59. The molecule has 20 heavy (non-hydrogen) atoms. The molecule has 1 saturated carbocycles. The molecule has 1 heterocycles. The third-order valence-corrected chi connectivity index (χ3v) is 4.09. The fraction of sp³-hybridized carbons (Fsp3) is 0.438. The van der Waals surface area contributed by atoms with Gasteiger partial charge in [0.25, 0.3) is 0 Å². The van der Waals surface area contributed by atoms with Crippen molar-refractivity contribution in [2.45, 2.75) is 31.2 Å².